The number of Topliss-reactive ketones (excluding diaryl/α,β-unsaturated/α-hetero) is 2. The van der Waals surface area contributed by atoms with Gasteiger partial charge in [-0.1, -0.05) is 30.3 Å². The van der Waals surface area contributed by atoms with Crippen molar-refractivity contribution in [3.63, 3.8) is 0 Å². The van der Waals surface area contributed by atoms with Crippen LogP contribution in [0.2, 0.25) is 0 Å². The molecule has 2 aromatic rings. The van der Waals surface area contributed by atoms with Gasteiger partial charge in [0.15, 0.2) is 5.78 Å². The van der Waals surface area contributed by atoms with Gasteiger partial charge >= 0.3 is 0 Å². The van der Waals surface area contributed by atoms with Crippen molar-refractivity contribution in [2.75, 3.05) is 26.3 Å². The van der Waals surface area contributed by atoms with E-state index >= 15 is 0 Å². The van der Waals surface area contributed by atoms with Crippen LogP contribution < -0.4 is 4.74 Å². The van der Waals surface area contributed by atoms with Crippen LogP contribution in [0.4, 0.5) is 0 Å². The van der Waals surface area contributed by atoms with Crippen LogP contribution in [-0.2, 0) is 34.0 Å². The number of ether oxygens (including phenoxy) is 2. The Kier molecular flexibility index (Phi) is 6.23. The maximum Gasteiger partial charge on any atom is 0.255 e. The van der Waals surface area contributed by atoms with Crippen LogP contribution in [0.1, 0.15) is 53.2 Å². The summed E-state index contributed by atoms with van der Waals surface area (Å²) in [6, 6.07) is 13.9. The van der Waals surface area contributed by atoms with E-state index in [1.165, 1.54) is 5.56 Å². The normalized spacial score (nSPS) is 23.3. The van der Waals surface area contributed by atoms with Gasteiger partial charge in [-0.05, 0) is 36.6 Å². The average Bonchev–Trinajstić information content (AvgIpc) is 3.20. The highest BCUT2D eigenvalue weighted by atomic mass is 16.5. The molecular formula is C27H30N2O5. The number of rotatable bonds is 6. The summed E-state index contributed by atoms with van der Waals surface area (Å²) in [5, 5.41) is 0. The summed E-state index contributed by atoms with van der Waals surface area (Å²) in [6.45, 7) is 6.91. The Morgan fingerprint density at radius 1 is 1.00 bits per heavy atom. The fraction of sp³-hybridized carbons (Fsp3) is 0.444. The number of morpholine rings is 1. The molecule has 0 aromatic heterocycles. The Balaban J connectivity index is 1.25. The molecule has 0 radical (unpaired) electrons. The van der Waals surface area contributed by atoms with Crippen molar-refractivity contribution in [1.82, 2.24) is 9.80 Å². The summed E-state index contributed by atoms with van der Waals surface area (Å²) in [5.74, 6) is 0.267. The first-order valence-electron chi connectivity index (χ1n) is 11.9. The molecule has 7 nitrogen and oxygen atoms in total. The summed E-state index contributed by atoms with van der Waals surface area (Å²) in [4.78, 5) is 41.6. The van der Waals surface area contributed by atoms with Gasteiger partial charge in [0, 0.05) is 37.2 Å². The zero-order chi connectivity index (χ0) is 23.7. The number of fused-ring (bicyclic) bond motifs is 1. The number of hydrogen-bond donors (Lipinski definition) is 0. The van der Waals surface area contributed by atoms with E-state index in [9.17, 15) is 14.4 Å². The van der Waals surface area contributed by atoms with Gasteiger partial charge in [-0.15, -0.1) is 0 Å². The van der Waals surface area contributed by atoms with Crippen LogP contribution >= 0.6 is 0 Å². The molecule has 0 N–H and O–H groups in total. The Bertz CT molecular complexity index is 1110. The van der Waals surface area contributed by atoms with Crippen molar-refractivity contribution in [3.05, 3.63) is 64.7 Å². The standard InChI is InChI=1S/C27H30N2O5/c1-27(10-9-21(30)15-25(27)31)29-17-23-22(26(29)32)3-2-4-24(23)34-18-20-7-5-19(6-8-20)16-28-11-13-33-14-12-28/h2-8H,9-18H2,1H3/t27-/m0/s1. The third-order valence-corrected chi connectivity index (χ3v) is 7.30. The van der Waals surface area contributed by atoms with Crippen LogP contribution in [0.25, 0.3) is 0 Å². The summed E-state index contributed by atoms with van der Waals surface area (Å²) in [6.07, 6.45) is 0.603. The maximum atomic E-state index is 13.2. The maximum absolute atomic E-state index is 13.2. The summed E-state index contributed by atoms with van der Waals surface area (Å²) < 4.78 is 11.6. The number of carbonyl (C=O) groups is 3. The topological polar surface area (TPSA) is 76.2 Å². The monoisotopic (exact) mass is 462 g/mol. The molecule has 34 heavy (non-hydrogen) atoms. The molecule has 0 bridgehead atoms. The molecular weight excluding hydrogens is 432 g/mol. The Morgan fingerprint density at radius 3 is 2.47 bits per heavy atom. The van der Waals surface area contributed by atoms with Gasteiger partial charge in [0.05, 0.1) is 26.2 Å². The summed E-state index contributed by atoms with van der Waals surface area (Å²) in [7, 11) is 0. The lowest BCUT2D eigenvalue weighted by molar-refractivity contribution is -0.138. The van der Waals surface area contributed by atoms with Crippen molar-refractivity contribution < 1.29 is 23.9 Å². The number of ketones is 2. The SMILES string of the molecule is C[C@]1(N2Cc3c(OCc4ccc(CN5CCOCC5)cc4)cccc3C2=O)CCC(=O)CC1=O. The van der Waals surface area contributed by atoms with E-state index in [0.717, 1.165) is 44.0 Å². The molecule has 1 saturated heterocycles. The van der Waals surface area contributed by atoms with Gasteiger partial charge in [0.1, 0.15) is 23.7 Å². The van der Waals surface area contributed by atoms with Crippen molar-refractivity contribution >= 4 is 17.5 Å². The average molecular weight is 463 g/mol. The number of amides is 1. The lowest BCUT2D eigenvalue weighted by Crippen LogP contribution is -2.55. The molecule has 3 aliphatic rings. The highest BCUT2D eigenvalue weighted by Gasteiger charge is 2.48. The molecule has 2 heterocycles. The van der Waals surface area contributed by atoms with E-state index in [1.807, 2.05) is 12.1 Å². The minimum atomic E-state index is -0.947. The van der Waals surface area contributed by atoms with Gasteiger partial charge in [0.2, 0.25) is 0 Å². The zero-order valence-electron chi connectivity index (χ0n) is 19.5. The molecule has 1 saturated carbocycles. The van der Waals surface area contributed by atoms with Crippen LogP contribution in [0.3, 0.4) is 0 Å². The van der Waals surface area contributed by atoms with Crippen molar-refractivity contribution in [3.8, 4) is 5.75 Å². The molecule has 0 spiro atoms. The highest BCUT2D eigenvalue weighted by Crippen LogP contribution is 2.39. The number of benzene rings is 2. The fourth-order valence-electron chi connectivity index (χ4n) is 5.02. The predicted molar refractivity (Wildman–Crippen MR) is 125 cm³/mol. The van der Waals surface area contributed by atoms with Gasteiger partial charge < -0.3 is 14.4 Å². The highest BCUT2D eigenvalue weighted by molar-refractivity contribution is 6.09. The molecule has 1 atom stereocenters. The first kappa shape index (κ1) is 22.7. The van der Waals surface area contributed by atoms with Gasteiger partial charge in [0.25, 0.3) is 5.91 Å². The first-order chi connectivity index (χ1) is 16.4. The van der Waals surface area contributed by atoms with Crippen molar-refractivity contribution in [2.24, 2.45) is 0 Å². The Morgan fingerprint density at radius 2 is 1.74 bits per heavy atom. The third-order valence-electron chi connectivity index (χ3n) is 7.30. The molecule has 2 aliphatic heterocycles. The van der Waals surface area contributed by atoms with Crippen LogP contribution in [0, 0.1) is 0 Å². The first-order valence-corrected chi connectivity index (χ1v) is 11.9. The minimum Gasteiger partial charge on any atom is -0.489 e. The number of carbonyl (C=O) groups excluding carboxylic acids is 3. The zero-order valence-corrected chi connectivity index (χ0v) is 19.5. The van der Waals surface area contributed by atoms with E-state index in [2.05, 4.69) is 29.2 Å². The number of nitrogens with zero attached hydrogens (tertiary/aromatic N) is 2. The summed E-state index contributed by atoms with van der Waals surface area (Å²) in [5.41, 5.74) is 2.75. The predicted octanol–water partition coefficient (Wildman–Crippen LogP) is 3.13. The van der Waals surface area contributed by atoms with Gasteiger partial charge in [-0.2, -0.15) is 0 Å². The second-order valence-corrected chi connectivity index (χ2v) is 9.58. The van der Waals surface area contributed by atoms with E-state index < -0.39 is 5.54 Å². The molecule has 1 amide bonds. The molecule has 2 fully saturated rings. The van der Waals surface area contributed by atoms with Crippen LogP contribution in [0.5, 0.6) is 5.75 Å². The van der Waals surface area contributed by atoms with Gasteiger partial charge in [-0.25, -0.2) is 0 Å². The van der Waals surface area contributed by atoms with Crippen molar-refractivity contribution in [1.29, 1.82) is 0 Å². The molecule has 7 heteroatoms. The second kappa shape index (κ2) is 9.31. The molecule has 1 aliphatic carbocycles. The Labute approximate surface area is 199 Å². The van der Waals surface area contributed by atoms with Crippen molar-refractivity contribution in [2.45, 2.75) is 51.4 Å². The van der Waals surface area contributed by atoms with E-state index in [1.54, 1.807) is 17.9 Å². The largest absolute Gasteiger partial charge is 0.489 e. The lowest BCUT2D eigenvalue weighted by Gasteiger charge is -2.39. The van der Waals surface area contributed by atoms with E-state index in [4.69, 9.17) is 9.47 Å². The molecule has 2 aromatic carbocycles. The molecule has 5 rings (SSSR count). The van der Waals surface area contributed by atoms with Crippen LogP contribution in [-0.4, -0.2) is 59.1 Å². The second-order valence-electron chi connectivity index (χ2n) is 9.58. The molecule has 178 valence electrons. The van der Waals surface area contributed by atoms with Crippen LogP contribution in [0.15, 0.2) is 42.5 Å². The third kappa shape index (κ3) is 4.38. The molecule has 0 unspecified atom stereocenters. The summed E-state index contributed by atoms with van der Waals surface area (Å²) >= 11 is 0. The fourth-order valence-corrected chi connectivity index (χ4v) is 5.02. The smallest absolute Gasteiger partial charge is 0.255 e. The Hall–Kier alpha value is -3.03. The van der Waals surface area contributed by atoms with Gasteiger partial charge in [-0.3, -0.25) is 19.3 Å². The van der Waals surface area contributed by atoms with E-state index in [0.29, 0.717) is 37.3 Å². The minimum absolute atomic E-state index is 0.0494. The quantitative estimate of drug-likeness (QED) is 0.614. The van der Waals surface area contributed by atoms with E-state index in [-0.39, 0.29) is 23.9 Å². The lowest BCUT2D eigenvalue weighted by atomic mass is 9.80. The number of hydrogen-bond acceptors (Lipinski definition) is 6.